The van der Waals surface area contributed by atoms with Crippen molar-refractivity contribution in [3.8, 4) is 5.75 Å². The first-order valence-electron chi connectivity index (χ1n) is 9.70. The second-order valence-corrected chi connectivity index (χ2v) is 6.86. The molecule has 0 radical (unpaired) electrons. The van der Waals surface area contributed by atoms with Gasteiger partial charge in [-0.1, -0.05) is 29.4 Å². The number of anilines is 2. The van der Waals surface area contributed by atoms with Gasteiger partial charge in [0.15, 0.2) is 0 Å². The Kier molecular flexibility index (Phi) is 6.03. The van der Waals surface area contributed by atoms with Crippen molar-refractivity contribution in [3.05, 3.63) is 90.0 Å². The van der Waals surface area contributed by atoms with Crippen LogP contribution in [0.4, 0.5) is 15.9 Å². The molecule has 0 aliphatic heterocycles. The van der Waals surface area contributed by atoms with Gasteiger partial charge in [0.25, 0.3) is 0 Å². The van der Waals surface area contributed by atoms with Crippen molar-refractivity contribution < 1.29 is 14.0 Å². The van der Waals surface area contributed by atoms with E-state index in [2.05, 4.69) is 20.4 Å². The van der Waals surface area contributed by atoms with Gasteiger partial charge < -0.3 is 14.9 Å². The maximum absolute atomic E-state index is 13.0. The average molecular weight is 416 g/mol. The lowest BCUT2D eigenvalue weighted by Crippen LogP contribution is -2.02. The van der Waals surface area contributed by atoms with Crippen LogP contribution in [-0.4, -0.2) is 22.8 Å². The molecule has 0 amide bonds. The topological polar surface area (TPSA) is 68.6 Å². The Morgan fingerprint density at radius 3 is 2.65 bits per heavy atom. The summed E-state index contributed by atoms with van der Waals surface area (Å²) in [5.41, 5.74) is 3.99. The Hall–Kier alpha value is -4.00. The number of oxime groups is 1. The SMILES string of the molecule is COc1ccc(/C(C)=N\OCc2ccc(F)cc2)cc1Nc1ncnc2ccccc12. The van der Waals surface area contributed by atoms with Crippen molar-refractivity contribution in [1.29, 1.82) is 0 Å². The predicted octanol–water partition coefficient (Wildman–Crippen LogP) is 5.46. The summed E-state index contributed by atoms with van der Waals surface area (Å²) in [5.74, 6) is 1.08. The summed E-state index contributed by atoms with van der Waals surface area (Å²) in [6.45, 7) is 2.11. The molecule has 4 aromatic rings. The van der Waals surface area contributed by atoms with E-state index in [0.717, 1.165) is 27.7 Å². The molecule has 4 rings (SSSR count). The molecular weight excluding hydrogens is 395 g/mol. The Morgan fingerprint density at radius 1 is 1.03 bits per heavy atom. The molecule has 0 aliphatic rings. The van der Waals surface area contributed by atoms with Crippen LogP contribution in [0, 0.1) is 5.82 Å². The highest BCUT2D eigenvalue weighted by molar-refractivity contribution is 6.00. The first-order chi connectivity index (χ1) is 15.1. The minimum absolute atomic E-state index is 0.256. The lowest BCUT2D eigenvalue weighted by atomic mass is 10.1. The van der Waals surface area contributed by atoms with Crippen LogP contribution in [0.1, 0.15) is 18.1 Å². The van der Waals surface area contributed by atoms with Gasteiger partial charge in [-0.3, -0.25) is 0 Å². The average Bonchev–Trinajstić information content (AvgIpc) is 2.80. The number of hydrogen-bond donors (Lipinski definition) is 1. The van der Waals surface area contributed by atoms with Gasteiger partial charge in [-0.15, -0.1) is 0 Å². The highest BCUT2D eigenvalue weighted by Gasteiger charge is 2.10. The molecule has 0 fully saturated rings. The molecule has 0 saturated carbocycles. The lowest BCUT2D eigenvalue weighted by Gasteiger charge is -2.13. The van der Waals surface area contributed by atoms with Gasteiger partial charge in [0, 0.05) is 10.9 Å². The number of rotatable bonds is 7. The van der Waals surface area contributed by atoms with E-state index in [4.69, 9.17) is 9.57 Å². The fourth-order valence-corrected chi connectivity index (χ4v) is 3.10. The van der Waals surface area contributed by atoms with Gasteiger partial charge in [0.2, 0.25) is 0 Å². The zero-order valence-corrected chi connectivity index (χ0v) is 17.2. The third kappa shape index (κ3) is 4.78. The molecular formula is C24H21FN4O2. The Labute approximate surface area is 179 Å². The molecule has 0 atom stereocenters. The van der Waals surface area contributed by atoms with Crippen molar-refractivity contribution in [2.24, 2.45) is 5.16 Å². The summed E-state index contributed by atoms with van der Waals surface area (Å²) >= 11 is 0. The first kappa shape index (κ1) is 20.3. The monoisotopic (exact) mass is 416 g/mol. The van der Waals surface area contributed by atoms with E-state index in [1.165, 1.54) is 18.5 Å². The molecule has 0 spiro atoms. The molecule has 1 aromatic heterocycles. The summed E-state index contributed by atoms with van der Waals surface area (Å²) in [7, 11) is 1.62. The van der Waals surface area contributed by atoms with E-state index < -0.39 is 0 Å². The highest BCUT2D eigenvalue weighted by atomic mass is 19.1. The number of aromatic nitrogens is 2. The van der Waals surface area contributed by atoms with Crippen molar-refractivity contribution in [1.82, 2.24) is 9.97 Å². The summed E-state index contributed by atoms with van der Waals surface area (Å²) in [6, 6.07) is 19.6. The fraction of sp³-hybridized carbons (Fsp3) is 0.125. The van der Waals surface area contributed by atoms with Crippen LogP contribution in [0.25, 0.3) is 10.9 Å². The molecule has 6 nitrogen and oxygen atoms in total. The van der Waals surface area contributed by atoms with Crippen LogP contribution in [-0.2, 0) is 11.4 Å². The van der Waals surface area contributed by atoms with Gasteiger partial charge in [0.1, 0.15) is 30.3 Å². The third-order valence-corrected chi connectivity index (χ3v) is 4.76. The number of hydrogen-bond acceptors (Lipinski definition) is 6. The van der Waals surface area contributed by atoms with Crippen molar-refractivity contribution in [2.75, 3.05) is 12.4 Å². The Balaban J connectivity index is 1.55. The number of nitrogens with zero attached hydrogens (tertiary/aromatic N) is 3. The maximum atomic E-state index is 13.0. The van der Waals surface area contributed by atoms with Crippen molar-refractivity contribution >= 4 is 28.1 Å². The number of fused-ring (bicyclic) bond motifs is 1. The first-order valence-corrected chi connectivity index (χ1v) is 9.70. The molecule has 1 heterocycles. The molecule has 0 saturated heterocycles. The number of halogens is 1. The van der Waals surface area contributed by atoms with Crippen LogP contribution in [0.15, 0.2) is 78.2 Å². The lowest BCUT2D eigenvalue weighted by molar-refractivity contribution is 0.130. The third-order valence-electron chi connectivity index (χ3n) is 4.76. The minimum atomic E-state index is -0.279. The van der Waals surface area contributed by atoms with E-state index in [0.29, 0.717) is 17.3 Å². The summed E-state index contributed by atoms with van der Waals surface area (Å²) < 4.78 is 18.5. The second kappa shape index (κ2) is 9.21. The fourth-order valence-electron chi connectivity index (χ4n) is 3.10. The van der Waals surface area contributed by atoms with Crippen LogP contribution in [0.5, 0.6) is 5.75 Å². The summed E-state index contributed by atoms with van der Waals surface area (Å²) in [5, 5.41) is 8.44. The van der Waals surface area contributed by atoms with Crippen LogP contribution < -0.4 is 10.1 Å². The molecule has 0 aliphatic carbocycles. The van der Waals surface area contributed by atoms with Crippen LogP contribution >= 0.6 is 0 Å². The van der Waals surface area contributed by atoms with Crippen LogP contribution in [0.3, 0.4) is 0 Å². The maximum Gasteiger partial charge on any atom is 0.142 e. The van der Waals surface area contributed by atoms with E-state index in [-0.39, 0.29) is 12.4 Å². The van der Waals surface area contributed by atoms with E-state index >= 15 is 0 Å². The number of methoxy groups -OCH3 is 1. The van der Waals surface area contributed by atoms with Crippen LogP contribution in [0.2, 0.25) is 0 Å². The Bertz CT molecular complexity index is 1220. The summed E-state index contributed by atoms with van der Waals surface area (Å²) in [6.07, 6.45) is 1.52. The quantitative estimate of drug-likeness (QED) is 0.320. The number of para-hydroxylation sites is 1. The smallest absolute Gasteiger partial charge is 0.142 e. The minimum Gasteiger partial charge on any atom is -0.495 e. The molecule has 7 heteroatoms. The Morgan fingerprint density at radius 2 is 1.84 bits per heavy atom. The number of nitrogens with one attached hydrogen (secondary N) is 1. The molecule has 0 bridgehead atoms. The predicted molar refractivity (Wildman–Crippen MR) is 119 cm³/mol. The standard InChI is InChI=1S/C24H21FN4O2/c1-16(29-31-14-17-7-10-19(25)11-8-17)18-9-12-23(30-2)22(13-18)28-24-20-5-3-4-6-21(20)26-15-27-24/h3-13,15H,14H2,1-2H3,(H,26,27,28)/b29-16-. The van der Waals surface area contributed by atoms with Crippen molar-refractivity contribution in [2.45, 2.75) is 13.5 Å². The van der Waals surface area contributed by atoms with E-state index in [1.54, 1.807) is 19.2 Å². The van der Waals surface area contributed by atoms with Gasteiger partial charge >= 0.3 is 0 Å². The normalized spacial score (nSPS) is 11.4. The van der Waals surface area contributed by atoms with Gasteiger partial charge in [0.05, 0.1) is 24.0 Å². The molecule has 1 N–H and O–H groups in total. The molecule has 0 unspecified atom stereocenters. The highest BCUT2D eigenvalue weighted by Crippen LogP contribution is 2.30. The zero-order valence-electron chi connectivity index (χ0n) is 17.2. The van der Waals surface area contributed by atoms with Gasteiger partial charge in [-0.05, 0) is 55.0 Å². The number of benzene rings is 3. The van der Waals surface area contributed by atoms with E-state index in [1.807, 2.05) is 49.4 Å². The van der Waals surface area contributed by atoms with Gasteiger partial charge in [-0.25, -0.2) is 14.4 Å². The number of ether oxygens (including phenoxy) is 1. The zero-order chi connectivity index (χ0) is 21.6. The van der Waals surface area contributed by atoms with Crippen molar-refractivity contribution in [3.63, 3.8) is 0 Å². The summed E-state index contributed by atoms with van der Waals surface area (Å²) in [4.78, 5) is 14.1. The molecule has 31 heavy (non-hydrogen) atoms. The largest absolute Gasteiger partial charge is 0.495 e. The second-order valence-electron chi connectivity index (χ2n) is 6.86. The van der Waals surface area contributed by atoms with E-state index in [9.17, 15) is 4.39 Å². The molecule has 3 aromatic carbocycles. The van der Waals surface area contributed by atoms with Gasteiger partial charge in [-0.2, -0.15) is 0 Å². The molecule has 156 valence electrons.